The van der Waals surface area contributed by atoms with Crippen LogP contribution in [0.25, 0.3) is 0 Å². The summed E-state index contributed by atoms with van der Waals surface area (Å²) < 4.78 is 5.82. The van der Waals surface area contributed by atoms with Crippen molar-refractivity contribution in [2.75, 3.05) is 19.7 Å². The lowest BCUT2D eigenvalue weighted by atomic mass is 10.1. The molecular weight excluding hydrogens is 236 g/mol. The van der Waals surface area contributed by atoms with Crippen LogP contribution in [-0.4, -0.2) is 31.8 Å². The molecule has 1 aliphatic rings. The highest BCUT2D eigenvalue weighted by Gasteiger charge is 2.14. The van der Waals surface area contributed by atoms with Crippen molar-refractivity contribution in [2.45, 2.75) is 45.2 Å². The molecule has 106 valence electrons. The van der Waals surface area contributed by atoms with Crippen LogP contribution in [-0.2, 0) is 0 Å². The van der Waals surface area contributed by atoms with Crippen LogP contribution < -0.4 is 15.4 Å². The van der Waals surface area contributed by atoms with Crippen LogP contribution in [0.4, 0.5) is 0 Å². The van der Waals surface area contributed by atoms with E-state index < -0.39 is 0 Å². The van der Waals surface area contributed by atoms with Crippen molar-refractivity contribution in [3.63, 3.8) is 0 Å². The molecule has 2 N–H and O–H groups in total. The minimum Gasteiger partial charge on any atom is -0.492 e. The summed E-state index contributed by atoms with van der Waals surface area (Å²) in [6.07, 6.45) is 3.75. The van der Waals surface area contributed by atoms with Crippen molar-refractivity contribution < 1.29 is 4.74 Å². The van der Waals surface area contributed by atoms with Crippen LogP contribution in [0.1, 0.15) is 31.7 Å². The van der Waals surface area contributed by atoms with Crippen molar-refractivity contribution in [1.82, 2.24) is 10.6 Å². The van der Waals surface area contributed by atoms with E-state index in [2.05, 4.69) is 36.6 Å². The molecule has 3 nitrogen and oxygen atoms in total. The maximum atomic E-state index is 5.82. The second-order valence-electron chi connectivity index (χ2n) is 5.57. The standard InChI is InChI=1S/C16H26N2O/c1-13-5-7-16(8-6-13)19-12-14(2)18-15-4-3-10-17-11-9-15/h5-8,14-15,17-18H,3-4,9-12H2,1-2H3. The zero-order chi connectivity index (χ0) is 13.5. The van der Waals surface area contributed by atoms with E-state index in [0.29, 0.717) is 12.1 Å². The third kappa shape index (κ3) is 5.21. The molecule has 1 aliphatic heterocycles. The molecule has 2 unspecified atom stereocenters. The minimum atomic E-state index is 0.393. The molecule has 19 heavy (non-hydrogen) atoms. The molecule has 1 aromatic rings. The van der Waals surface area contributed by atoms with Crippen molar-refractivity contribution in [3.8, 4) is 5.75 Å². The van der Waals surface area contributed by atoms with Gasteiger partial charge in [-0.05, 0) is 58.3 Å². The van der Waals surface area contributed by atoms with Gasteiger partial charge in [-0.15, -0.1) is 0 Å². The van der Waals surface area contributed by atoms with Gasteiger partial charge >= 0.3 is 0 Å². The van der Waals surface area contributed by atoms with Gasteiger partial charge in [0.2, 0.25) is 0 Å². The Hall–Kier alpha value is -1.06. The van der Waals surface area contributed by atoms with Crippen molar-refractivity contribution in [1.29, 1.82) is 0 Å². The summed E-state index contributed by atoms with van der Waals surface area (Å²) in [5.74, 6) is 0.960. The Bertz CT molecular complexity index is 356. The Morgan fingerprint density at radius 2 is 2.05 bits per heavy atom. The molecule has 0 bridgehead atoms. The van der Waals surface area contributed by atoms with Crippen LogP contribution in [0, 0.1) is 6.92 Å². The second kappa shape index (κ2) is 7.51. The van der Waals surface area contributed by atoms with Gasteiger partial charge in [-0.1, -0.05) is 17.7 Å². The molecule has 0 aromatic heterocycles. The molecule has 0 spiro atoms. The minimum absolute atomic E-state index is 0.393. The number of benzene rings is 1. The molecule has 1 fully saturated rings. The molecule has 2 atom stereocenters. The van der Waals surface area contributed by atoms with Gasteiger partial charge < -0.3 is 15.4 Å². The number of ether oxygens (including phenoxy) is 1. The fourth-order valence-electron chi connectivity index (χ4n) is 2.49. The molecule has 1 saturated heterocycles. The smallest absolute Gasteiger partial charge is 0.119 e. The van der Waals surface area contributed by atoms with Gasteiger partial charge in [0.25, 0.3) is 0 Å². The fourth-order valence-corrected chi connectivity index (χ4v) is 2.49. The molecule has 0 radical (unpaired) electrons. The van der Waals surface area contributed by atoms with E-state index in [4.69, 9.17) is 4.74 Å². The van der Waals surface area contributed by atoms with Gasteiger partial charge in [0.1, 0.15) is 12.4 Å². The van der Waals surface area contributed by atoms with E-state index in [0.717, 1.165) is 25.4 Å². The van der Waals surface area contributed by atoms with Crippen LogP contribution in [0.15, 0.2) is 24.3 Å². The predicted octanol–water partition coefficient (Wildman–Crippen LogP) is 2.49. The fraction of sp³-hybridized carbons (Fsp3) is 0.625. The predicted molar refractivity (Wildman–Crippen MR) is 79.8 cm³/mol. The Kier molecular flexibility index (Phi) is 5.67. The first-order valence-corrected chi connectivity index (χ1v) is 7.40. The summed E-state index contributed by atoms with van der Waals surface area (Å²) in [7, 11) is 0. The van der Waals surface area contributed by atoms with Gasteiger partial charge in [-0.3, -0.25) is 0 Å². The summed E-state index contributed by atoms with van der Waals surface area (Å²) >= 11 is 0. The average molecular weight is 262 g/mol. The highest BCUT2D eigenvalue weighted by Crippen LogP contribution is 2.12. The zero-order valence-corrected chi connectivity index (χ0v) is 12.1. The van der Waals surface area contributed by atoms with E-state index in [1.54, 1.807) is 0 Å². The Labute approximate surface area is 116 Å². The van der Waals surface area contributed by atoms with Crippen LogP contribution in [0.2, 0.25) is 0 Å². The summed E-state index contributed by atoms with van der Waals surface area (Å²) in [6, 6.07) is 9.28. The third-order valence-corrected chi connectivity index (χ3v) is 3.62. The first-order valence-electron chi connectivity index (χ1n) is 7.40. The normalized spacial score (nSPS) is 21.7. The molecule has 0 amide bonds. The number of hydrogen-bond donors (Lipinski definition) is 2. The number of rotatable bonds is 5. The first-order chi connectivity index (χ1) is 9.24. The van der Waals surface area contributed by atoms with Crippen molar-refractivity contribution in [3.05, 3.63) is 29.8 Å². The van der Waals surface area contributed by atoms with E-state index in [-0.39, 0.29) is 0 Å². The Balaban J connectivity index is 1.71. The first kappa shape index (κ1) is 14.4. The summed E-state index contributed by atoms with van der Waals surface area (Å²) in [6.45, 7) is 7.31. The SMILES string of the molecule is Cc1ccc(OCC(C)NC2CCCNCC2)cc1. The molecule has 1 heterocycles. The molecule has 2 rings (SSSR count). The van der Waals surface area contributed by atoms with E-state index in [9.17, 15) is 0 Å². The van der Waals surface area contributed by atoms with Crippen molar-refractivity contribution >= 4 is 0 Å². The van der Waals surface area contributed by atoms with Crippen LogP contribution >= 0.6 is 0 Å². The van der Waals surface area contributed by atoms with E-state index in [1.807, 2.05) is 12.1 Å². The maximum Gasteiger partial charge on any atom is 0.119 e. The Morgan fingerprint density at radius 1 is 1.26 bits per heavy atom. The summed E-state index contributed by atoms with van der Waals surface area (Å²) in [5, 5.41) is 7.12. The van der Waals surface area contributed by atoms with Gasteiger partial charge in [0.15, 0.2) is 0 Å². The van der Waals surface area contributed by atoms with Gasteiger partial charge in [0, 0.05) is 12.1 Å². The summed E-state index contributed by atoms with van der Waals surface area (Å²) in [4.78, 5) is 0. The second-order valence-corrected chi connectivity index (χ2v) is 5.57. The largest absolute Gasteiger partial charge is 0.492 e. The highest BCUT2D eigenvalue weighted by atomic mass is 16.5. The lowest BCUT2D eigenvalue weighted by Gasteiger charge is -2.22. The highest BCUT2D eigenvalue weighted by molar-refractivity contribution is 5.26. The Morgan fingerprint density at radius 3 is 2.84 bits per heavy atom. The zero-order valence-electron chi connectivity index (χ0n) is 12.1. The maximum absolute atomic E-state index is 5.82. The quantitative estimate of drug-likeness (QED) is 0.855. The van der Waals surface area contributed by atoms with Gasteiger partial charge in [-0.2, -0.15) is 0 Å². The third-order valence-electron chi connectivity index (χ3n) is 3.62. The summed E-state index contributed by atoms with van der Waals surface area (Å²) in [5.41, 5.74) is 1.27. The molecular formula is C16H26N2O. The van der Waals surface area contributed by atoms with Crippen LogP contribution in [0.3, 0.4) is 0 Å². The van der Waals surface area contributed by atoms with Gasteiger partial charge in [-0.25, -0.2) is 0 Å². The molecule has 1 aromatic carbocycles. The average Bonchev–Trinajstić information content (AvgIpc) is 2.67. The van der Waals surface area contributed by atoms with Crippen LogP contribution in [0.5, 0.6) is 5.75 Å². The molecule has 0 aliphatic carbocycles. The lowest BCUT2D eigenvalue weighted by Crippen LogP contribution is -2.40. The number of hydrogen-bond acceptors (Lipinski definition) is 3. The van der Waals surface area contributed by atoms with E-state index in [1.165, 1.54) is 24.8 Å². The number of aryl methyl sites for hydroxylation is 1. The molecule has 0 saturated carbocycles. The molecule has 3 heteroatoms. The van der Waals surface area contributed by atoms with E-state index >= 15 is 0 Å². The topological polar surface area (TPSA) is 33.3 Å². The van der Waals surface area contributed by atoms with Gasteiger partial charge in [0.05, 0.1) is 0 Å². The monoisotopic (exact) mass is 262 g/mol. The lowest BCUT2D eigenvalue weighted by molar-refractivity contribution is 0.256. The number of nitrogens with one attached hydrogen (secondary N) is 2. The van der Waals surface area contributed by atoms with Crippen molar-refractivity contribution in [2.24, 2.45) is 0 Å².